The fraction of sp³-hybridized carbons (Fsp3) is 0.500. The first-order valence-corrected chi connectivity index (χ1v) is 8.48. The summed E-state index contributed by atoms with van der Waals surface area (Å²) in [4.78, 5) is 25.2. The number of nitrogens with zero attached hydrogens (tertiary/aromatic N) is 1. The number of carboxylic acid groups (broad SMARTS) is 1. The molecule has 21 heavy (non-hydrogen) atoms. The Labute approximate surface area is 129 Å². The first kappa shape index (κ1) is 15.9. The highest BCUT2D eigenvalue weighted by Gasteiger charge is 2.30. The maximum Gasteiger partial charge on any atom is 0.326 e. The number of hydrogen-bond acceptors (Lipinski definition) is 3. The minimum Gasteiger partial charge on any atom is -0.480 e. The van der Waals surface area contributed by atoms with Crippen molar-refractivity contribution in [2.75, 3.05) is 12.3 Å². The zero-order chi connectivity index (χ0) is 15.1. The number of rotatable bonds is 5. The summed E-state index contributed by atoms with van der Waals surface area (Å²) in [6.07, 6.45) is 3.37. The van der Waals surface area contributed by atoms with Crippen molar-refractivity contribution in [3.8, 4) is 0 Å². The molecule has 1 heterocycles. The van der Waals surface area contributed by atoms with E-state index in [1.807, 2.05) is 30.3 Å². The molecule has 4 nitrogen and oxygen atoms in total. The van der Waals surface area contributed by atoms with Crippen molar-refractivity contribution in [1.29, 1.82) is 0 Å². The van der Waals surface area contributed by atoms with Gasteiger partial charge in [0.25, 0.3) is 0 Å². The molecule has 1 atom stereocenters. The van der Waals surface area contributed by atoms with Gasteiger partial charge < -0.3 is 10.0 Å². The summed E-state index contributed by atoms with van der Waals surface area (Å²) in [7, 11) is 0. The molecule has 1 aliphatic rings. The van der Waals surface area contributed by atoms with Gasteiger partial charge in [0, 0.05) is 12.3 Å². The summed E-state index contributed by atoms with van der Waals surface area (Å²) in [5, 5.41) is 9.29. The maximum atomic E-state index is 12.3. The molecule has 5 heteroatoms. The van der Waals surface area contributed by atoms with Crippen LogP contribution in [0.15, 0.2) is 30.3 Å². The van der Waals surface area contributed by atoms with Crippen LogP contribution in [-0.4, -0.2) is 40.2 Å². The molecule has 1 N–H and O–H groups in total. The van der Waals surface area contributed by atoms with E-state index in [9.17, 15) is 14.7 Å². The molecule has 114 valence electrons. The molecule has 1 unspecified atom stereocenters. The number of carbonyl (C=O) groups is 2. The van der Waals surface area contributed by atoms with Gasteiger partial charge in [-0.3, -0.25) is 4.79 Å². The van der Waals surface area contributed by atoms with Crippen molar-refractivity contribution in [3.63, 3.8) is 0 Å². The minimum atomic E-state index is -0.877. The van der Waals surface area contributed by atoms with Crippen molar-refractivity contribution in [2.24, 2.45) is 0 Å². The second-order valence-electron chi connectivity index (χ2n) is 5.27. The van der Waals surface area contributed by atoms with Crippen molar-refractivity contribution in [1.82, 2.24) is 4.90 Å². The second-order valence-corrected chi connectivity index (χ2v) is 6.25. The fourth-order valence-electron chi connectivity index (χ4n) is 2.58. The van der Waals surface area contributed by atoms with E-state index >= 15 is 0 Å². The molecule has 0 saturated carbocycles. The number of amides is 1. The number of carbonyl (C=O) groups excluding carboxylic acids is 1. The average Bonchev–Trinajstić information content (AvgIpc) is 2.74. The third-order valence-corrected chi connectivity index (χ3v) is 4.68. The third kappa shape index (κ3) is 4.77. The largest absolute Gasteiger partial charge is 0.480 e. The van der Waals surface area contributed by atoms with E-state index in [-0.39, 0.29) is 5.91 Å². The Morgan fingerprint density at radius 1 is 1.19 bits per heavy atom. The van der Waals surface area contributed by atoms with Crippen molar-refractivity contribution < 1.29 is 14.7 Å². The Hall–Kier alpha value is -1.49. The Balaban J connectivity index is 1.87. The van der Waals surface area contributed by atoms with E-state index in [0.29, 0.717) is 18.7 Å². The normalized spacial score (nSPS) is 19.0. The van der Waals surface area contributed by atoms with E-state index in [4.69, 9.17) is 0 Å². The van der Waals surface area contributed by atoms with Crippen LogP contribution in [0.5, 0.6) is 0 Å². The van der Waals surface area contributed by atoms with Gasteiger partial charge in [0.05, 0.1) is 5.75 Å². The zero-order valence-electron chi connectivity index (χ0n) is 12.0. The molecular weight excluding hydrogens is 286 g/mol. The van der Waals surface area contributed by atoms with Crippen LogP contribution in [0.1, 0.15) is 31.2 Å². The highest BCUT2D eigenvalue weighted by atomic mass is 32.2. The van der Waals surface area contributed by atoms with Crippen molar-refractivity contribution >= 4 is 23.6 Å². The number of carboxylic acids is 1. The van der Waals surface area contributed by atoms with Gasteiger partial charge in [-0.05, 0) is 18.4 Å². The second kappa shape index (κ2) is 8.08. The Kier molecular flexibility index (Phi) is 6.11. The quantitative estimate of drug-likeness (QED) is 0.909. The van der Waals surface area contributed by atoms with Crippen molar-refractivity contribution in [3.05, 3.63) is 35.9 Å². The highest BCUT2D eigenvalue weighted by molar-refractivity contribution is 7.99. The smallest absolute Gasteiger partial charge is 0.326 e. The van der Waals surface area contributed by atoms with Crippen LogP contribution >= 0.6 is 11.8 Å². The van der Waals surface area contributed by atoms with Crippen LogP contribution in [0.4, 0.5) is 0 Å². The van der Waals surface area contributed by atoms with Crippen molar-refractivity contribution in [2.45, 2.75) is 37.5 Å². The van der Waals surface area contributed by atoms with Gasteiger partial charge in [0.15, 0.2) is 0 Å². The summed E-state index contributed by atoms with van der Waals surface area (Å²) in [5.74, 6) is 0.195. The number of aliphatic carboxylic acids is 1. The molecule has 1 aromatic carbocycles. The molecular formula is C16H21NO3S. The average molecular weight is 307 g/mol. The predicted octanol–water partition coefficient (Wildman–Crippen LogP) is 2.78. The fourth-order valence-corrected chi connectivity index (χ4v) is 3.45. The topological polar surface area (TPSA) is 57.6 Å². The SMILES string of the molecule is O=C(O)C1CCCCCN1C(=O)CSCc1ccccc1. The van der Waals surface area contributed by atoms with Crippen LogP contribution < -0.4 is 0 Å². The summed E-state index contributed by atoms with van der Waals surface area (Å²) < 4.78 is 0. The van der Waals surface area contributed by atoms with Crippen LogP contribution in [0.25, 0.3) is 0 Å². The summed E-state index contributed by atoms with van der Waals surface area (Å²) in [6.45, 7) is 0.571. The molecule has 0 radical (unpaired) electrons. The van der Waals surface area contributed by atoms with Gasteiger partial charge >= 0.3 is 5.97 Å². The lowest BCUT2D eigenvalue weighted by atomic mass is 10.1. The molecule has 0 aromatic heterocycles. The molecule has 1 saturated heterocycles. The van der Waals surface area contributed by atoms with Crippen LogP contribution in [0.3, 0.4) is 0 Å². The molecule has 1 fully saturated rings. The zero-order valence-corrected chi connectivity index (χ0v) is 12.8. The van der Waals surface area contributed by atoms with Crippen LogP contribution in [-0.2, 0) is 15.3 Å². The van der Waals surface area contributed by atoms with Gasteiger partial charge in [-0.25, -0.2) is 4.79 Å². The molecule has 1 aliphatic heterocycles. The summed E-state index contributed by atoms with van der Waals surface area (Å²) >= 11 is 1.54. The monoisotopic (exact) mass is 307 g/mol. The lowest BCUT2D eigenvalue weighted by Gasteiger charge is -2.26. The van der Waals surface area contributed by atoms with E-state index in [1.54, 1.807) is 16.7 Å². The Bertz CT molecular complexity index is 478. The summed E-state index contributed by atoms with van der Waals surface area (Å²) in [5.41, 5.74) is 1.18. The number of benzene rings is 1. The minimum absolute atomic E-state index is 0.0507. The van der Waals surface area contributed by atoms with Crippen LogP contribution in [0.2, 0.25) is 0 Å². The molecule has 0 bridgehead atoms. The molecule has 0 spiro atoms. The summed E-state index contributed by atoms with van der Waals surface area (Å²) in [6, 6.07) is 9.35. The molecule has 2 rings (SSSR count). The number of hydrogen-bond donors (Lipinski definition) is 1. The van der Waals surface area contributed by atoms with E-state index < -0.39 is 12.0 Å². The molecule has 1 aromatic rings. The Morgan fingerprint density at radius 3 is 2.67 bits per heavy atom. The third-order valence-electron chi connectivity index (χ3n) is 3.70. The maximum absolute atomic E-state index is 12.3. The van der Waals surface area contributed by atoms with Crippen LogP contribution in [0, 0.1) is 0 Å². The van der Waals surface area contributed by atoms with Gasteiger partial charge in [0.1, 0.15) is 6.04 Å². The van der Waals surface area contributed by atoms with Gasteiger partial charge in [-0.1, -0.05) is 43.2 Å². The van der Waals surface area contributed by atoms with E-state index in [1.165, 1.54) is 5.56 Å². The first-order chi connectivity index (χ1) is 10.2. The van der Waals surface area contributed by atoms with Gasteiger partial charge in [0.2, 0.25) is 5.91 Å². The van der Waals surface area contributed by atoms with Gasteiger partial charge in [-0.15, -0.1) is 11.8 Å². The molecule has 0 aliphatic carbocycles. The van der Waals surface area contributed by atoms with Gasteiger partial charge in [-0.2, -0.15) is 0 Å². The van der Waals surface area contributed by atoms with E-state index in [0.717, 1.165) is 25.0 Å². The number of likely N-dealkylation sites (tertiary alicyclic amines) is 1. The lowest BCUT2D eigenvalue weighted by molar-refractivity contribution is -0.149. The predicted molar refractivity (Wildman–Crippen MR) is 84.2 cm³/mol. The number of thioether (sulfide) groups is 1. The highest BCUT2D eigenvalue weighted by Crippen LogP contribution is 2.19. The lowest BCUT2D eigenvalue weighted by Crippen LogP contribution is -2.45. The first-order valence-electron chi connectivity index (χ1n) is 7.32. The standard InChI is InChI=1S/C16H21NO3S/c18-15(12-21-11-13-7-3-1-4-8-13)17-10-6-2-5-9-14(17)16(19)20/h1,3-4,7-8,14H,2,5-6,9-12H2,(H,19,20). The van der Waals surface area contributed by atoms with E-state index in [2.05, 4.69) is 0 Å². The molecule has 1 amide bonds. The Morgan fingerprint density at radius 2 is 1.95 bits per heavy atom.